The molecule has 1 aliphatic heterocycles. The molecule has 0 aromatic heterocycles. The molecule has 1 heterocycles. The lowest BCUT2D eigenvalue weighted by molar-refractivity contribution is -0.384. The van der Waals surface area contributed by atoms with E-state index in [1.54, 1.807) is 4.90 Å². The fourth-order valence-electron chi connectivity index (χ4n) is 2.27. The third-order valence-electron chi connectivity index (χ3n) is 3.39. The van der Waals surface area contributed by atoms with E-state index in [9.17, 15) is 14.9 Å². The largest absolute Gasteiger partial charge is 0.496 e. The van der Waals surface area contributed by atoms with Gasteiger partial charge in [0.25, 0.3) is 11.6 Å². The quantitative estimate of drug-likeness (QED) is 0.660. The van der Waals surface area contributed by atoms with Gasteiger partial charge >= 0.3 is 0 Å². The Labute approximate surface area is 116 Å². The van der Waals surface area contributed by atoms with E-state index in [2.05, 4.69) is 5.32 Å². The van der Waals surface area contributed by atoms with Crippen LogP contribution in [0.3, 0.4) is 0 Å². The SMILES string of the molecule is COc1cc([N+](=O)[O-])ccc1C(=O)N1CCNC[C@H]1C. The zero-order valence-corrected chi connectivity index (χ0v) is 11.5. The van der Waals surface area contributed by atoms with E-state index in [1.807, 2.05) is 6.92 Å². The molecule has 0 spiro atoms. The minimum absolute atomic E-state index is 0.0798. The summed E-state index contributed by atoms with van der Waals surface area (Å²) in [5.41, 5.74) is 0.263. The van der Waals surface area contributed by atoms with Crippen molar-refractivity contribution >= 4 is 11.6 Å². The molecule has 2 rings (SSSR count). The van der Waals surface area contributed by atoms with Crippen molar-refractivity contribution < 1.29 is 14.5 Å². The van der Waals surface area contributed by atoms with E-state index in [1.165, 1.54) is 25.3 Å². The van der Waals surface area contributed by atoms with E-state index < -0.39 is 4.92 Å². The summed E-state index contributed by atoms with van der Waals surface area (Å²) in [6, 6.07) is 4.13. The number of piperazine rings is 1. The van der Waals surface area contributed by atoms with Crippen molar-refractivity contribution in [1.29, 1.82) is 0 Å². The van der Waals surface area contributed by atoms with Crippen molar-refractivity contribution in [2.75, 3.05) is 26.7 Å². The fourth-order valence-corrected chi connectivity index (χ4v) is 2.27. The Morgan fingerprint density at radius 1 is 1.55 bits per heavy atom. The second kappa shape index (κ2) is 5.87. The summed E-state index contributed by atoms with van der Waals surface area (Å²) in [7, 11) is 1.40. The van der Waals surface area contributed by atoms with Crippen molar-refractivity contribution in [3.8, 4) is 5.75 Å². The summed E-state index contributed by atoms with van der Waals surface area (Å²) in [4.78, 5) is 24.5. The summed E-state index contributed by atoms with van der Waals surface area (Å²) in [5, 5.41) is 14.0. The second-order valence-corrected chi connectivity index (χ2v) is 4.69. The monoisotopic (exact) mass is 279 g/mol. The number of non-ortho nitro benzene ring substituents is 1. The first kappa shape index (κ1) is 14.3. The molecule has 1 fully saturated rings. The van der Waals surface area contributed by atoms with Gasteiger partial charge in [-0.2, -0.15) is 0 Å². The standard InChI is InChI=1S/C13H17N3O4/c1-9-8-14-5-6-15(9)13(17)11-4-3-10(16(18)19)7-12(11)20-2/h3-4,7,9,14H,5-6,8H2,1-2H3/t9-/m1/s1. The van der Waals surface area contributed by atoms with Gasteiger partial charge in [0.2, 0.25) is 0 Å². The van der Waals surface area contributed by atoms with Gasteiger partial charge in [-0.25, -0.2) is 0 Å². The molecule has 1 N–H and O–H groups in total. The molecule has 0 aliphatic carbocycles. The van der Waals surface area contributed by atoms with Gasteiger partial charge < -0.3 is 15.0 Å². The maximum Gasteiger partial charge on any atom is 0.273 e. The van der Waals surface area contributed by atoms with E-state index in [0.717, 1.165) is 13.1 Å². The Morgan fingerprint density at radius 2 is 2.30 bits per heavy atom. The van der Waals surface area contributed by atoms with E-state index >= 15 is 0 Å². The summed E-state index contributed by atoms with van der Waals surface area (Å²) in [6.07, 6.45) is 0. The number of amides is 1. The minimum atomic E-state index is -0.510. The molecule has 7 nitrogen and oxygen atoms in total. The van der Waals surface area contributed by atoms with E-state index in [0.29, 0.717) is 12.1 Å². The number of hydrogen-bond acceptors (Lipinski definition) is 5. The Kier molecular flexibility index (Phi) is 4.19. The third kappa shape index (κ3) is 2.72. The molecule has 1 aromatic carbocycles. The first-order valence-electron chi connectivity index (χ1n) is 6.38. The number of benzene rings is 1. The summed E-state index contributed by atoms with van der Waals surface area (Å²) < 4.78 is 5.12. The second-order valence-electron chi connectivity index (χ2n) is 4.69. The van der Waals surface area contributed by atoms with Crippen LogP contribution in [-0.4, -0.2) is 48.5 Å². The Balaban J connectivity index is 2.31. The van der Waals surface area contributed by atoms with Crippen LogP contribution < -0.4 is 10.1 Å². The number of methoxy groups -OCH3 is 1. The van der Waals surface area contributed by atoms with Gasteiger partial charge in [-0.05, 0) is 13.0 Å². The molecular weight excluding hydrogens is 262 g/mol. The Bertz CT molecular complexity index is 532. The third-order valence-corrected chi connectivity index (χ3v) is 3.39. The Hall–Kier alpha value is -2.15. The van der Waals surface area contributed by atoms with Crippen LogP contribution in [0.5, 0.6) is 5.75 Å². The van der Waals surface area contributed by atoms with Crippen molar-refractivity contribution in [3.05, 3.63) is 33.9 Å². The number of nitro benzene ring substituents is 1. The van der Waals surface area contributed by atoms with Crippen molar-refractivity contribution in [2.45, 2.75) is 13.0 Å². The maximum absolute atomic E-state index is 12.5. The molecule has 0 radical (unpaired) electrons. The van der Waals surface area contributed by atoms with Gasteiger partial charge in [0.05, 0.1) is 23.7 Å². The highest BCUT2D eigenvalue weighted by Crippen LogP contribution is 2.26. The zero-order valence-electron chi connectivity index (χ0n) is 11.5. The predicted octanol–water partition coefficient (Wildman–Crippen LogP) is 1.04. The van der Waals surface area contributed by atoms with Crippen LogP contribution in [0.4, 0.5) is 5.69 Å². The van der Waals surface area contributed by atoms with E-state index in [4.69, 9.17) is 4.74 Å². The molecule has 7 heteroatoms. The molecule has 0 saturated carbocycles. The average Bonchev–Trinajstić information content (AvgIpc) is 2.46. The van der Waals surface area contributed by atoms with Crippen LogP contribution in [0, 0.1) is 10.1 Å². The topological polar surface area (TPSA) is 84.7 Å². The smallest absolute Gasteiger partial charge is 0.273 e. The van der Waals surface area contributed by atoms with E-state index in [-0.39, 0.29) is 23.4 Å². The Morgan fingerprint density at radius 3 is 2.90 bits per heavy atom. The maximum atomic E-state index is 12.5. The lowest BCUT2D eigenvalue weighted by Crippen LogP contribution is -2.52. The number of hydrogen-bond donors (Lipinski definition) is 1. The molecule has 108 valence electrons. The highest BCUT2D eigenvalue weighted by Gasteiger charge is 2.27. The van der Waals surface area contributed by atoms with Gasteiger partial charge in [-0.1, -0.05) is 0 Å². The molecule has 0 unspecified atom stereocenters. The lowest BCUT2D eigenvalue weighted by Gasteiger charge is -2.34. The average molecular weight is 279 g/mol. The molecule has 1 aromatic rings. The van der Waals surface area contributed by atoms with Gasteiger partial charge in [0.1, 0.15) is 5.75 Å². The molecule has 1 saturated heterocycles. The van der Waals surface area contributed by atoms with Gasteiger partial charge in [0, 0.05) is 31.7 Å². The molecule has 20 heavy (non-hydrogen) atoms. The number of rotatable bonds is 3. The number of ether oxygens (including phenoxy) is 1. The molecule has 1 amide bonds. The van der Waals surface area contributed by atoms with Crippen molar-refractivity contribution in [3.63, 3.8) is 0 Å². The highest BCUT2D eigenvalue weighted by molar-refractivity contribution is 5.97. The lowest BCUT2D eigenvalue weighted by atomic mass is 10.1. The van der Waals surface area contributed by atoms with Crippen LogP contribution in [0.1, 0.15) is 17.3 Å². The zero-order chi connectivity index (χ0) is 14.7. The fraction of sp³-hybridized carbons (Fsp3) is 0.462. The molecule has 1 aliphatic rings. The normalized spacial score (nSPS) is 18.7. The molecule has 1 atom stereocenters. The predicted molar refractivity (Wildman–Crippen MR) is 73.0 cm³/mol. The van der Waals surface area contributed by atoms with Crippen LogP contribution >= 0.6 is 0 Å². The molecular formula is C13H17N3O4. The van der Waals surface area contributed by atoms with Gasteiger partial charge in [0.15, 0.2) is 0 Å². The molecule has 0 bridgehead atoms. The van der Waals surface area contributed by atoms with Crippen LogP contribution in [0.15, 0.2) is 18.2 Å². The summed E-state index contributed by atoms with van der Waals surface area (Å²) in [5.74, 6) is 0.0701. The highest BCUT2D eigenvalue weighted by atomic mass is 16.6. The van der Waals surface area contributed by atoms with Crippen molar-refractivity contribution in [2.24, 2.45) is 0 Å². The number of nitrogens with one attached hydrogen (secondary N) is 1. The van der Waals surface area contributed by atoms with Crippen molar-refractivity contribution in [1.82, 2.24) is 10.2 Å². The number of nitro groups is 1. The van der Waals surface area contributed by atoms with Gasteiger partial charge in [-0.3, -0.25) is 14.9 Å². The van der Waals surface area contributed by atoms with Crippen LogP contribution in [0.25, 0.3) is 0 Å². The minimum Gasteiger partial charge on any atom is -0.496 e. The number of carbonyl (C=O) groups excluding carboxylic acids is 1. The van der Waals surface area contributed by atoms with Gasteiger partial charge in [-0.15, -0.1) is 0 Å². The van der Waals surface area contributed by atoms with Crippen LogP contribution in [0.2, 0.25) is 0 Å². The summed E-state index contributed by atoms with van der Waals surface area (Å²) in [6.45, 7) is 4.05. The summed E-state index contributed by atoms with van der Waals surface area (Å²) >= 11 is 0. The van der Waals surface area contributed by atoms with Crippen LogP contribution in [-0.2, 0) is 0 Å². The number of nitrogens with zero attached hydrogens (tertiary/aromatic N) is 2. The number of carbonyl (C=O) groups is 1. The first-order chi connectivity index (χ1) is 9.54. The first-order valence-corrected chi connectivity index (χ1v) is 6.38.